The molecule has 0 atom stereocenters. The smallest absolute Gasteiger partial charge is 0.313 e. The Morgan fingerprint density at radius 3 is 2.38 bits per heavy atom. The summed E-state index contributed by atoms with van der Waals surface area (Å²) in [5, 5.41) is 9.29. The topological polar surface area (TPSA) is 37.3 Å². The zero-order valence-corrected chi connectivity index (χ0v) is 9.23. The van der Waals surface area contributed by atoms with Gasteiger partial charge in [0.2, 0.25) is 0 Å². The second-order valence-electron chi connectivity index (χ2n) is 4.41. The van der Waals surface area contributed by atoms with Crippen molar-refractivity contribution in [1.29, 1.82) is 0 Å². The summed E-state index contributed by atoms with van der Waals surface area (Å²) < 4.78 is 0. The summed E-state index contributed by atoms with van der Waals surface area (Å²) in [5.74, 6) is -0.683. The molecule has 0 radical (unpaired) electrons. The Kier molecular flexibility index (Phi) is 3.09. The third-order valence-corrected chi connectivity index (χ3v) is 3.32. The predicted molar refractivity (Wildman–Crippen MR) is 64.0 cm³/mol. The second-order valence-corrected chi connectivity index (χ2v) is 4.41. The lowest BCUT2D eigenvalue weighted by atomic mass is 9.85. The molecule has 2 rings (SSSR count). The summed E-state index contributed by atoms with van der Waals surface area (Å²) in [7, 11) is 0. The van der Waals surface area contributed by atoms with E-state index in [9.17, 15) is 9.90 Å². The molecule has 1 aliphatic carbocycles. The molecule has 2 nitrogen and oxygen atoms in total. The zero-order chi connectivity index (χ0) is 11.4. The van der Waals surface area contributed by atoms with Crippen molar-refractivity contribution >= 4 is 12.0 Å². The molecule has 84 valence electrons. The van der Waals surface area contributed by atoms with Crippen LogP contribution >= 0.6 is 0 Å². The van der Waals surface area contributed by atoms with E-state index in [-0.39, 0.29) is 0 Å². The standard InChI is InChI=1S/C14H16O2/c15-13(16)14(9-4-5-10-14)11-8-12-6-2-1-3-7-12/h1-3,6-8,11H,4-5,9-10H2,(H,15,16)/b11-8+. The van der Waals surface area contributed by atoms with E-state index in [0.717, 1.165) is 31.2 Å². The molecule has 0 heterocycles. The van der Waals surface area contributed by atoms with Crippen LogP contribution in [0.2, 0.25) is 0 Å². The van der Waals surface area contributed by atoms with Gasteiger partial charge in [-0.25, -0.2) is 0 Å². The van der Waals surface area contributed by atoms with E-state index < -0.39 is 11.4 Å². The van der Waals surface area contributed by atoms with Crippen LogP contribution < -0.4 is 0 Å². The Labute approximate surface area is 95.6 Å². The first-order valence-corrected chi connectivity index (χ1v) is 5.71. The molecule has 1 aliphatic rings. The van der Waals surface area contributed by atoms with E-state index in [1.807, 2.05) is 42.5 Å². The van der Waals surface area contributed by atoms with Crippen molar-refractivity contribution in [3.05, 3.63) is 42.0 Å². The lowest BCUT2D eigenvalue weighted by Gasteiger charge is -2.18. The lowest BCUT2D eigenvalue weighted by molar-refractivity contribution is -0.145. The van der Waals surface area contributed by atoms with Crippen molar-refractivity contribution < 1.29 is 9.90 Å². The molecule has 0 saturated heterocycles. The molecule has 1 aromatic carbocycles. The molecule has 1 fully saturated rings. The number of hydrogen-bond acceptors (Lipinski definition) is 1. The predicted octanol–water partition coefficient (Wildman–Crippen LogP) is 3.34. The van der Waals surface area contributed by atoms with Gasteiger partial charge in [0, 0.05) is 0 Å². The van der Waals surface area contributed by atoms with Crippen molar-refractivity contribution in [2.24, 2.45) is 5.41 Å². The van der Waals surface area contributed by atoms with Crippen LogP contribution in [0.1, 0.15) is 31.2 Å². The first-order chi connectivity index (χ1) is 7.73. The van der Waals surface area contributed by atoms with Crippen LogP contribution in [0.15, 0.2) is 36.4 Å². The van der Waals surface area contributed by atoms with Gasteiger partial charge in [-0.3, -0.25) is 4.79 Å². The van der Waals surface area contributed by atoms with Gasteiger partial charge in [0.05, 0.1) is 5.41 Å². The minimum absolute atomic E-state index is 0.615. The summed E-state index contributed by atoms with van der Waals surface area (Å²) >= 11 is 0. The molecule has 2 heteroatoms. The third-order valence-electron chi connectivity index (χ3n) is 3.32. The van der Waals surface area contributed by atoms with Gasteiger partial charge < -0.3 is 5.11 Å². The van der Waals surface area contributed by atoms with E-state index >= 15 is 0 Å². The quantitative estimate of drug-likeness (QED) is 0.841. The van der Waals surface area contributed by atoms with Crippen LogP contribution in [0.25, 0.3) is 6.08 Å². The molecule has 0 spiro atoms. The molecule has 0 aliphatic heterocycles. The first kappa shape index (κ1) is 10.9. The van der Waals surface area contributed by atoms with E-state index in [1.54, 1.807) is 0 Å². The summed E-state index contributed by atoms with van der Waals surface area (Å²) in [6.07, 6.45) is 7.38. The van der Waals surface area contributed by atoms with Crippen LogP contribution in [-0.2, 0) is 4.79 Å². The van der Waals surface area contributed by atoms with Gasteiger partial charge >= 0.3 is 5.97 Å². The zero-order valence-electron chi connectivity index (χ0n) is 9.23. The molecule has 0 amide bonds. The van der Waals surface area contributed by atoms with Crippen LogP contribution in [0.3, 0.4) is 0 Å². The summed E-state index contributed by atoms with van der Waals surface area (Å²) in [6.45, 7) is 0. The van der Waals surface area contributed by atoms with E-state index in [2.05, 4.69) is 0 Å². The highest BCUT2D eigenvalue weighted by molar-refractivity contribution is 5.79. The number of aliphatic carboxylic acids is 1. The lowest BCUT2D eigenvalue weighted by Crippen LogP contribution is -2.24. The van der Waals surface area contributed by atoms with Gasteiger partial charge in [-0.2, -0.15) is 0 Å². The van der Waals surface area contributed by atoms with E-state index in [4.69, 9.17) is 0 Å². The third kappa shape index (κ3) is 2.16. The number of carboxylic acid groups (broad SMARTS) is 1. The van der Waals surface area contributed by atoms with Crippen molar-refractivity contribution in [3.8, 4) is 0 Å². The van der Waals surface area contributed by atoms with Gasteiger partial charge in [-0.05, 0) is 18.4 Å². The Morgan fingerprint density at radius 1 is 1.19 bits per heavy atom. The highest BCUT2D eigenvalue weighted by Gasteiger charge is 2.38. The number of carbonyl (C=O) groups is 1. The number of carboxylic acids is 1. The number of hydrogen-bond donors (Lipinski definition) is 1. The van der Waals surface area contributed by atoms with Gasteiger partial charge in [0.15, 0.2) is 0 Å². The van der Waals surface area contributed by atoms with Gasteiger partial charge in [0.25, 0.3) is 0 Å². The molecule has 0 aromatic heterocycles. The van der Waals surface area contributed by atoms with Crippen LogP contribution in [0, 0.1) is 5.41 Å². The Hall–Kier alpha value is -1.57. The maximum absolute atomic E-state index is 11.3. The fraction of sp³-hybridized carbons (Fsp3) is 0.357. The maximum Gasteiger partial charge on any atom is 0.313 e. The van der Waals surface area contributed by atoms with Gasteiger partial charge in [0.1, 0.15) is 0 Å². The fourth-order valence-corrected chi connectivity index (χ4v) is 2.28. The van der Waals surface area contributed by atoms with Crippen molar-refractivity contribution in [1.82, 2.24) is 0 Å². The number of benzene rings is 1. The van der Waals surface area contributed by atoms with Gasteiger partial charge in [-0.1, -0.05) is 55.3 Å². The highest BCUT2D eigenvalue weighted by Crippen LogP contribution is 2.40. The first-order valence-electron chi connectivity index (χ1n) is 5.71. The van der Waals surface area contributed by atoms with E-state index in [1.165, 1.54) is 0 Å². The second kappa shape index (κ2) is 4.52. The molecule has 16 heavy (non-hydrogen) atoms. The fourth-order valence-electron chi connectivity index (χ4n) is 2.28. The summed E-state index contributed by atoms with van der Waals surface area (Å²) in [5.41, 5.74) is 0.450. The average Bonchev–Trinajstić information content (AvgIpc) is 2.78. The molecule has 1 aromatic rings. The molecule has 1 saturated carbocycles. The largest absolute Gasteiger partial charge is 0.481 e. The number of rotatable bonds is 3. The van der Waals surface area contributed by atoms with Crippen LogP contribution in [0.5, 0.6) is 0 Å². The molecule has 0 bridgehead atoms. The summed E-state index contributed by atoms with van der Waals surface area (Å²) in [4.78, 5) is 11.3. The van der Waals surface area contributed by atoms with Crippen molar-refractivity contribution in [3.63, 3.8) is 0 Å². The van der Waals surface area contributed by atoms with E-state index in [0.29, 0.717) is 0 Å². The van der Waals surface area contributed by atoms with Crippen molar-refractivity contribution in [2.75, 3.05) is 0 Å². The minimum Gasteiger partial charge on any atom is -0.481 e. The molecule has 1 N–H and O–H groups in total. The monoisotopic (exact) mass is 216 g/mol. The normalized spacial score (nSPS) is 19.0. The highest BCUT2D eigenvalue weighted by atomic mass is 16.4. The Bertz CT molecular complexity index is 386. The minimum atomic E-state index is -0.683. The molecule has 0 unspecified atom stereocenters. The average molecular weight is 216 g/mol. The summed E-state index contributed by atoms with van der Waals surface area (Å²) in [6, 6.07) is 9.85. The van der Waals surface area contributed by atoms with Crippen LogP contribution in [0.4, 0.5) is 0 Å². The molecular formula is C14H16O2. The Morgan fingerprint density at radius 2 is 1.81 bits per heavy atom. The molecular weight excluding hydrogens is 200 g/mol. The van der Waals surface area contributed by atoms with Crippen molar-refractivity contribution in [2.45, 2.75) is 25.7 Å². The Balaban J connectivity index is 2.18. The van der Waals surface area contributed by atoms with Gasteiger partial charge in [-0.15, -0.1) is 0 Å². The van der Waals surface area contributed by atoms with Crippen LogP contribution in [-0.4, -0.2) is 11.1 Å². The SMILES string of the molecule is O=C(O)C1(/C=C/c2ccccc2)CCCC1. The maximum atomic E-state index is 11.3.